The second-order valence-corrected chi connectivity index (χ2v) is 12.5. The molecule has 1 saturated carbocycles. The number of allylic oxidation sites excluding steroid dienone is 4. The van der Waals surface area contributed by atoms with Crippen molar-refractivity contribution in [2.24, 2.45) is 5.92 Å². The van der Waals surface area contributed by atoms with Gasteiger partial charge in [0.1, 0.15) is 6.10 Å². The molecular weight excluding hydrogens is 576 g/mol. The lowest BCUT2D eigenvalue weighted by Crippen LogP contribution is -2.41. The van der Waals surface area contributed by atoms with Gasteiger partial charge in [0, 0.05) is 35.9 Å². The summed E-state index contributed by atoms with van der Waals surface area (Å²) in [4.78, 5) is 19.5. The first kappa shape index (κ1) is 40.2. The van der Waals surface area contributed by atoms with Crippen molar-refractivity contribution in [3.63, 3.8) is 0 Å². The molecule has 1 unspecified atom stereocenters. The smallest absolute Gasteiger partial charge is 0.410 e. The van der Waals surface area contributed by atoms with Gasteiger partial charge in [0.25, 0.3) is 0 Å². The quantitative estimate of drug-likeness (QED) is 0.284. The molecule has 5 heteroatoms. The minimum atomic E-state index is -0.130. The van der Waals surface area contributed by atoms with E-state index in [9.17, 15) is 4.79 Å². The summed E-state index contributed by atoms with van der Waals surface area (Å²) >= 11 is 6.44. The van der Waals surface area contributed by atoms with E-state index in [0.717, 1.165) is 62.3 Å². The minimum Gasteiger partial charge on any atom is -0.446 e. The number of likely N-dealkylation sites (tertiary alicyclic amines) is 1. The van der Waals surface area contributed by atoms with Crippen LogP contribution in [-0.4, -0.2) is 35.2 Å². The summed E-state index contributed by atoms with van der Waals surface area (Å²) in [5.41, 5.74) is 6.06. The topological polar surface area (TPSA) is 42.4 Å². The summed E-state index contributed by atoms with van der Waals surface area (Å²) in [5, 5.41) is 0.754. The monoisotopic (exact) mass is 636 g/mol. The largest absolute Gasteiger partial charge is 0.446 e. The summed E-state index contributed by atoms with van der Waals surface area (Å²) in [6.45, 7) is 21.4. The van der Waals surface area contributed by atoms with Crippen molar-refractivity contribution < 1.29 is 9.53 Å². The molecule has 1 aliphatic heterocycles. The van der Waals surface area contributed by atoms with Gasteiger partial charge >= 0.3 is 6.09 Å². The van der Waals surface area contributed by atoms with Crippen LogP contribution in [0.5, 0.6) is 0 Å². The highest BCUT2D eigenvalue weighted by Crippen LogP contribution is 2.40. The number of halogens is 1. The van der Waals surface area contributed by atoms with Crippen LogP contribution in [0.25, 0.3) is 6.08 Å². The van der Waals surface area contributed by atoms with Crippen LogP contribution in [0, 0.1) is 5.92 Å². The van der Waals surface area contributed by atoms with E-state index in [1.807, 2.05) is 76.9 Å². The zero-order chi connectivity index (χ0) is 33.6. The molecule has 1 aliphatic carbocycles. The first-order valence-electron chi connectivity index (χ1n) is 17.2. The second kappa shape index (κ2) is 23.5. The van der Waals surface area contributed by atoms with Crippen LogP contribution in [0.4, 0.5) is 4.79 Å². The highest BCUT2D eigenvalue weighted by atomic mass is 35.5. The lowest BCUT2D eigenvalue weighted by Gasteiger charge is -2.37. The van der Waals surface area contributed by atoms with Crippen molar-refractivity contribution in [2.45, 2.75) is 125 Å². The molecule has 45 heavy (non-hydrogen) atoms. The maximum atomic E-state index is 12.8. The third-order valence-corrected chi connectivity index (χ3v) is 8.09. The molecule has 2 aromatic rings. The van der Waals surface area contributed by atoms with E-state index in [1.54, 1.807) is 0 Å². The van der Waals surface area contributed by atoms with E-state index in [1.165, 1.54) is 41.5 Å². The van der Waals surface area contributed by atoms with Crippen molar-refractivity contribution in [1.29, 1.82) is 0 Å². The Morgan fingerprint density at radius 1 is 1.02 bits per heavy atom. The fraction of sp³-hybridized carbons (Fsp3) is 0.550. The Morgan fingerprint density at radius 3 is 2.18 bits per heavy atom. The minimum absolute atomic E-state index is 0.102. The van der Waals surface area contributed by atoms with Gasteiger partial charge in [-0.1, -0.05) is 86.7 Å². The Hall–Kier alpha value is -2.85. The van der Waals surface area contributed by atoms with E-state index >= 15 is 0 Å². The fourth-order valence-corrected chi connectivity index (χ4v) is 5.90. The number of pyridine rings is 1. The van der Waals surface area contributed by atoms with Crippen LogP contribution in [0.2, 0.25) is 5.02 Å². The van der Waals surface area contributed by atoms with E-state index in [2.05, 4.69) is 50.8 Å². The molecule has 1 aromatic carbocycles. The second-order valence-electron chi connectivity index (χ2n) is 12.1. The maximum absolute atomic E-state index is 12.8. The van der Waals surface area contributed by atoms with Crippen LogP contribution in [0.3, 0.4) is 0 Å². The number of nitrogens with zero attached hydrogens (tertiary/aromatic N) is 2. The van der Waals surface area contributed by atoms with Crippen LogP contribution < -0.4 is 0 Å². The number of carbonyl (C=O) groups is 1. The van der Waals surface area contributed by atoms with Gasteiger partial charge in [-0.3, -0.25) is 4.98 Å². The lowest BCUT2D eigenvalue weighted by molar-refractivity contribution is 0.0372. The molecule has 0 spiro atoms. The molecule has 4 rings (SSSR count). The van der Waals surface area contributed by atoms with Crippen LogP contribution >= 0.6 is 11.6 Å². The van der Waals surface area contributed by atoms with E-state index in [0.29, 0.717) is 5.92 Å². The molecule has 1 amide bonds. The van der Waals surface area contributed by atoms with Gasteiger partial charge in [0.15, 0.2) is 0 Å². The average Bonchev–Trinajstić information content (AvgIpc) is 3.04. The summed E-state index contributed by atoms with van der Waals surface area (Å²) in [5.74, 6) is 0.550. The Morgan fingerprint density at radius 2 is 1.64 bits per heavy atom. The maximum Gasteiger partial charge on any atom is 0.410 e. The van der Waals surface area contributed by atoms with Gasteiger partial charge in [-0.25, -0.2) is 4.79 Å². The molecule has 1 aromatic heterocycles. The van der Waals surface area contributed by atoms with Crippen molar-refractivity contribution in [2.75, 3.05) is 13.1 Å². The van der Waals surface area contributed by atoms with Gasteiger partial charge in [0.2, 0.25) is 0 Å². The van der Waals surface area contributed by atoms with Crippen molar-refractivity contribution in [3.05, 3.63) is 94.3 Å². The number of ether oxygens (including phenoxy) is 1. The average molecular weight is 637 g/mol. The number of benzene rings is 1. The predicted octanol–water partition coefficient (Wildman–Crippen LogP) is 12.4. The fourth-order valence-electron chi connectivity index (χ4n) is 5.72. The van der Waals surface area contributed by atoms with Crippen molar-refractivity contribution >= 4 is 23.8 Å². The van der Waals surface area contributed by atoms with Gasteiger partial charge in [-0.05, 0) is 121 Å². The van der Waals surface area contributed by atoms with E-state index in [-0.39, 0.29) is 18.1 Å². The Labute approximate surface area is 281 Å². The zero-order valence-electron chi connectivity index (χ0n) is 29.6. The standard InChI is InChI=1S/C30H39ClN2O2.2C4H8.C2H6/c1-3-9-22(2)20-24-21-25(31)13-14-27(24)29(28-12-7-8-17-32-28)23-15-18-33(19-16-23)30(34)35-26-10-5-4-6-11-26;1-4(2)3;1-3-4-2;1-2/h7-8,12-14,17,20-21,23,26,29H,3-6,9-11,15-16,18-19H2,1-2H3;1H2,2-3H3;3-4H,1-2H3;1-2H3/b22-20+;;4-3-;. The number of hydrogen-bond donors (Lipinski definition) is 0. The first-order chi connectivity index (χ1) is 21.7. The molecule has 1 atom stereocenters. The molecule has 2 aliphatic rings. The van der Waals surface area contributed by atoms with Crippen molar-refractivity contribution in [1.82, 2.24) is 9.88 Å². The summed E-state index contributed by atoms with van der Waals surface area (Å²) < 4.78 is 5.85. The molecule has 0 radical (unpaired) electrons. The molecule has 1 saturated heterocycles. The van der Waals surface area contributed by atoms with Gasteiger partial charge in [-0.2, -0.15) is 0 Å². The summed E-state index contributed by atoms with van der Waals surface area (Å²) in [6, 6.07) is 12.4. The third kappa shape index (κ3) is 15.3. The molecule has 0 bridgehead atoms. The normalized spacial score (nSPS) is 16.3. The van der Waals surface area contributed by atoms with Crippen LogP contribution in [0.1, 0.15) is 136 Å². The van der Waals surface area contributed by atoms with Crippen LogP contribution in [-0.2, 0) is 4.74 Å². The summed E-state index contributed by atoms with van der Waals surface area (Å²) in [7, 11) is 0. The lowest BCUT2D eigenvalue weighted by atomic mass is 9.76. The van der Waals surface area contributed by atoms with Crippen molar-refractivity contribution in [3.8, 4) is 0 Å². The molecule has 0 N–H and O–H groups in total. The molecule has 2 heterocycles. The zero-order valence-corrected chi connectivity index (χ0v) is 30.3. The molecule has 250 valence electrons. The van der Waals surface area contributed by atoms with Gasteiger partial charge in [-0.15, -0.1) is 6.58 Å². The van der Waals surface area contributed by atoms with E-state index < -0.39 is 0 Å². The van der Waals surface area contributed by atoms with E-state index in [4.69, 9.17) is 21.3 Å². The number of aromatic nitrogens is 1. The van der Waals surface area contributed by atoms with Crippen LogP contribution in [0.15, 0.2) is 72.5 Å². The number of rotatable bonds is 7. The SMILES string of the molecule is C/C=C\C.C=C(C)C.CC.CCC/C(C)=C/c1cc(Cl)ccc1C(c1ccccn1)C1CCN(C(=O)OC2CCCCC2)CC1. The number of piperidine rings is 1. The van der Waals surface area contributed by atoms with Gasteiger partial charge in [0.05, 0.1) is 0 Å². The number of hydrogen-bond acceptors (Lipinski definition) is 3. The molecular formula is C40H61ClN2O2. The first-order valence-corrected chi connectivity index (χ1v) is 17.6. The Bertz CT molecular complexity index is 1150. The Balaban J connectivity index is 0.000000893. The highest BCUT2D eigenvalue weighted by molar-refractivity contribution is 6.30. The molecule has 2 fully saturated rings. The third-order valence-electron chi connectivity index (χ3n) is 7.86. The Kier molecular flexibility index (Phi) is 21.0. The number of carbonyl (C=O) groups excluding carboxylic acids is 1. The predicted molar refractivity (Wildman–Crippen MR) is 196 cm³/mol. The number of amides is 1. The highest BCUT2D eigenvalue weighted by Gasteiger charge is 2.33. The summed E-state index contributed by atoms with van der Waals surface area (Å²) in [6.07, 6.45) is 17.8. The molecule has 4 nitrogen and oxygen atoms in total. The van der Waals surface area contributed by atoms with Gasteiger partial charge < -0.3 is 9.64 Å².